The molecule has 0 fully saturated rings. The fourth-order valence-corrected chi connectivity index (χ4v) is 5.55. The predicted octanol–water partition coefficient (Wildman–Crippen LogP) is 9.09. The summed E-state index contributed by atoms with van der Waals surface area (Å²) in [6.07, 6.45) is 9.80. The summed E-state index contributed by atoms with van der Waals surface area (Å²) >= 11 is 0. The largest absolute Gasteiger partial charge is 0.325 e. The zero-order valence-electron chi connectivity index (χ0n) is 20.5. The van der Waals surface area contributed by atoms with Gasteiger partial charge in [0, 0.05) is 21.5 Å². The molecule has 172 valence electrons. The van der Waals surface area contributed by atoms with E-state index in [0.717, 1.165) is 12.8 Å². The number of nitriles is 1. The van der Waals surface area contributed by atoms with Gasteiger partial charge >= 0.3 is 0 Å². The molecule has 0 spiro atoms. The van der Waals surface area contributed by atoms with E-state index in [-0.39, 0.29) is 0 Å². The monoisotopic (exact) mass is 446 g/mol. The molecule has 0 unspecified atom stereocenters. The molecule has 1 aromatic heterocycles. The molecular weight excluding hydrogens is 412 g/mol. The van der Waals surface area contributed by atoms with E-state index in [2.05, 4.69) is 85.1 Å². The average molecular weight is 447 g/mol. The van der Waals surface area contributed by atoms with Crippen molar-refractivity contribution in [1.29, 1.82) is 5.26 Å². The van der Waals surface area contributed by atoms with Crippen LogP contribution < -0.4 is 0 Å². The molecule has 0 saturated heterocycles. The lowest BCUT2D eigenvalue weighted by atomic mass is 9.99. The lowest BCUT2D eigenvalue weighted by molar-refractivity contribution is 0.718. The van der Waals surface area contributed by atoms with Crippen LogP contribution in [0.5, 0.6) is 0 Å². The van der Waals surface area contributed by atoms with Crippen LogP contribution in [0, 0.1) is 11.3 Å². The fourth-order valence-electron chi connectivity index (χ4n) is 5.55. The maximum absolute atomic E-state index is 9.76. The Morgan fingerprint density at radius 1 is 0.618 bits per heavy atom. The normalized spacial score (nSPS) is 11.7. The van der Waals surface area contributed by atoms with E-state index >= 15 is 0 Å². The van der Waals surface area contributed by atoms with Gasteiger partial charge in [-0.1, -0.05) is 100 Å². The second kappa shape index (κ2) is 9.90. The zero-order chi connectivity index (χ0) is 23.5. The highest BCUT2D eigenvalue weighted by Gasteiger charge is 2.16. The molecule has 2 heteroatoms. The van der Waals surface area contributed by atoms with Gasteiger partial charge in [0.1, 0.15) is 6.54 Å². The van der Waals surface area contributed by atoms with Crippen LogP contribution in [-0.2, 0) is 19.4 Å². The number of hydrogen-bond donors (Lipinski definition) is 0. The minimum atomic E-state index is 0.356. The summed E-state index contributed by atoms with van der Waals surface area (Å²) in [6, 6.07) is 25.3. The first-order valence-electron chi connectivity index (χ1n) is 13.0. The number of nitrogens with zero attached hydrogens (tertiary/aromatic N) is 2. The summed E-state index contributed by atoms with van der Waals surface area (Å²) in [7, 11) is 0. The molecule has 0 amide bonds. The molecule has 0 atom stereocenters. The van der Waals surface area contributed by atoms with Gasteiger partial charge in [-0.15, -0.1) is 0 Å². The van der Waals surface area contributed by atoms with Crippen LogP contribution in [0.3, 0.4) is 0 Å². The Morgan fingerprint density at radius 3 is 1.53 bits per heavy atom. The van der Waals surface area contributed by atoms with Gasteiger partial charge < -0.3 is 4.57 Å². The third kappa shape index (κ3) is 4.05. The van der Waals surface area contributed by atoms with Crippen molar-refractivity contribution in [2.75, 3.05) is 0 Å². The number of aryl methyl sites for hydroxylation is 2. The van der Waals surface area contributed by atoms with Crippen molar-refractivity contribution >= 4 is 43.4 Å². The van der Waals surface area contributed by atoms with Crippen molar-refractivity contribution in [3.8, 4) is 6.07 Å². The molecular formula is C32H34N2. The first-order chi connectivity index (χ1) is 16.7. The standard InChI is InChI=1S/C32H34N2/c1-3-5-7-9-23-11-15-27-25(21-23)13-17-29-30-18-14-26-22-24(10-8-6-4-2)12-16-28(26)32(30)34(20-19-33)31(27)29/h11-18,21-22H,3-10,20H2,1-2H3. The Bertz CT molecular complexity index is 1410. The van der Waals surface area contributed by atoms with Gasteiger partial charge in [0.2, 0.25) is 0 Å². The highest BCUT2D eigenvalue weighted by atomic mass is 15.0. The number of benzene rings is 4. The summed E-state index contributed by atoms with van der Waals surface area (Å²) < 4.78 is 2.25. The van der Waals surface area contributed by atoms with E-state index < -0.39 is 0 Å². The van der Waals surface area contributed by atoms with E-state index in [1.54, 1.807) is 0 Å². The minimum Gasteiger partial charge on any atom is -0.325 e. The molecule has 0 aliphatic heterocycles. The van der Waals surface area contributed by atoms with Crippen molar-refractivity contribution in [1.82, 2.24) is 4.57 Å². The van der Waals surface area contributed by atoms with Crippen LogP contribution in [0.25, 0.3) is 43.4 Å². The number of hydrogen-bond acceptors (Lipinski definition) is 1. The molecule has 5 rings (SSSR count). The Labute approximate surface area is 202 Å². The first kappa shape index (κ1) is 22.5. The van der Waals surface area contributed by atoms with Crippen LogP contribution in [0.4, 0.5) is 0 Å². The predicted molar refractivity (Wildman–Crippen MR) is 147 cm³/mol. The van der Waals surface area contributed by atoms with Crippen LogP contribution >= 0.6 is 0 Å². The number of fused-ring (bicyclic) bond motifs is 7. The lowest BCUT2D eigenvalue weighted by Crippen LogP contribution is -1.97. The topological polar surface area (TPSA) is 28.7 Å². The molecule has 1 heterocycles. The van der Waals surface area contributed by atoms with Gasteiger partial charge in [-0.25, -0.2) is 0 Å². The summed E-state index contributed by atoms with van der Waals surface area (Å²) in [6.45, 7) is 4.86. The summed E-state index contributed by atoms with van der Waals surface area (Å²) in [5, 5.41) is 17.3. The van der Waals surface area contributed by atoms with Gasteiger partial charge in [0.15, 0.2) is 0 Å². The molecule has 0 bridgehead atoms. The third-order valence-corrected chi connectivity index (χ3v) is 7.31. The van der Waals surface area contributed by atoms with Crippen LogP contribution in [0.1, 0.15) is 63.5 Å². The van der Waals surface area contributed by atoms with Gasteiger partial charge in [-0.3, -0.25) is 0 Å². The van der Waals surface area contributed by atoms with Crippen molar-refractivity contribution in [2.45, 2.75) is 71.8 Å². The van der Waals surface area contributed by atoms with E-state index in [1.165, 1.54) is 93.0 Å². The van der Waals surface area contributed by atoms with Crippen molar-refractivity contribution in [3.63, 3.8) is 0 Å². The molecule has 2 nitrogen and oxygen atoms in total. The van der Waals surface area contributed by atoms with Gasteiger partial charge in [0.05, 0.1) is 17.1 Å². The summed E-state index contributed by atoms with van der Waals surface area (Å²) in [5.41, 5.74) is 5.19. The second-order valence-electron chi connectivity index (χ2n) is 9.69. The van der Waals surface area contributed by atoms with Crippen molar-refractivity contribution in [2.24, 2.45) is 0 Å². The second-order valence-corrected chi connectivity index (χ2v) is 9.69. The smallest absolute Gasteiger partial charge is 0.110 e. The Hall–Kier alpha value is -3.31. The highest BCUT2D eigenvalue weighted by molar-refractivity contribution is 6.23. The summed E-state index contributed by atoms with van der Waals surface area (Å²) in [5.74, 6) is 0. The van der Waals surface area contributed by atoms with Crippen LogP contribution in [-0.4, -0.2) is 4.57 Å². The number of aromatic nitrogens is 1. The quantitative estimate of drug-likeness (QED) is 0.208. The number of unbranched alkanes of at least 4 members (excludes halogenated alkanes) is 4. The zero-order valence-corrected chi connectivity index (χ0v) is 20.5. The van der Waals surface area contributed by atoms with E-state index in [9.17, 15) is 5.26 Å². The molecule has 34 heavy (non-hydrogen) atoms. The Balaban J connectivity index is 1.69. The van der Waals surface area contributed by atoms with E-state index in [4.69, 9.17) is 0 Å². The molecule has 0 saturated carbocycles. The maximum atomic E-state index is 9.76. The molecule has 0 radical (unpaired) electrons. The SMILES string of the molecule is CCCCCc1ccc2c(ccc3c4ccc5cc(CCCCC)ccc5c4n(CC#N)c23)c1. The maximum Gasteiger partial charge on any atom is 0.110 e. The van der Waals surface area contributed by atoms with Crippen LogP contribution in [0.2, 0.25) is 0 Å². The van der Waals surface area contributed by atoms with Crippen molar-refractivity contribution in [3.05, 3.63) is 71.8 Å². The van der Waals surface area contributed by atoms with E-state index in [1.807, 2.05) is 0 Å². The minimum absolute atomic E-state index is 0.356. The van der Waals surface area contributed by atoms with Gasteiger partial charge in [0.25, 0.3) is 0 Å². The third-order valence-electron chi connectivity index (χ3n) is 7.31. The van der Waals surface area contributed by atoms with Crippen molar-refractivity contribution < 1.29 is 0 Å². The fraction of sp³-hybridized carbons (Fsp3) is 0.344. The molecule has 0 N–H and O–H groups in total. The molecule has 0 aliphatic carbocycles. The van der Waals surface area contributed by atoms with E-state index in [0.29, 0.717) is 6.54 Å². The molecule has 5 aromatic rings. The molecule has 0 aliphatic rings. The highest BCUT2D eigenvalue weighted by Crippen LogP contribution is 2.38. The van der Waals surface area contributed by atoms with Gasteiger partial charge in [-0.05, 0) is 47.6 Å². The van der Waals surface area contributed by atoms with Crippen LogP contribution in [0.15, 0.2) is 60.7 Å². The number of rotatable bonds is 9. The molecule has 4 aromatic carbocycles. The Morgan fingerprint density at radius 2 is 1.09 bits per heavy atom. The summed E-state index contributed by atoms with van der Waals surface area (Å²) in [4.78, 5) is 0. The van der Waals surface area contributed by atoms with Gasteiger partial charge in [-0.2, -0.15) is 5.26 Å². The first-order valence-corrected chi connectivity index (χ1v) is 13.0. The lowest BCUT2D eigenvalue weighted by Gasteiger charge is -2.09. The average Bonchev–Trinajstić information content (AvgIpc) is 3.18. The Kier molecular flexibility index (Phi) is 6.54.